The average Bonchev–Trinajstić information content (AvgIpc) is 3.11. The van der Waals surface area contributed by atoms with E-state index in [9.17, 15) is 4.79 Å². The molecule has 0 N–H and O–H groups in total. The van der Waals surface area contributed by atoms with Gasteiger partial charge in [-0.05, 0) is 48.2 Å². The van der Waals surface area contributed by atoms with Crippen molar-refractivity contribution < 1.29 is 4.79 Å². The van der Waals surface area contributed by atoms with Crippen LogP contribution >= 0.6 is 11.6 Å². The molecule has 3 aromatic rings. The Balaban J connectivity index is 1.65. The van der Waals surface area contributed by atoms with E-state index < -0.39 is 0 Å². The number of benzene rings is 2. The van der Waals surface area contributed by atoms with Gasteiger partial charge in [0.05, 0.1) is 11.4 Å². The minimum absolute atomic E-state index is 0.0480. The Morgan fingerprint density at radius 2 is 1.85 bits per heavy atom. The molecule has 0 aliphatic carbocycles. The summed E-state index contributed by atoms with van der Waals surface area (Å²) in [7, 11) is 0. The summed E-state index contributed by atoms with van der Waals surface area (Å²) in [6.07, 6.45) is 2.52. The smallest absolute Gasteiger partial charge is 0.276 e. The summed E-state index contributed by atoms with van der Waals surface area (Å²) in [4.78, 5) is 15.1. The van der Waals surface area contributed by atoms with Crippen LogP contribution in [0.2, 0.25) is 5.02 Å². The first-order valence-corrected chi connectivity index (χ1v) is 9.61. The van der Waals surface area contributed by atoms with Crippen LogP contribution in [0.25, 0.3) is 5.69 Å². The first kappa shape index (κ1) is 17.7. The van der Waals surface area contributed by atoms with Crippen molar-refractivity contribution >= 4 is 17.5 Å². The zero-order valence-electron chi connectivity index (χ0n) is 15.2. The lowest BCUT2D eigenvalue weighted by molar-refractivity contribution is 0.0727. The molecule has 0 bridgehead atoms. The third-order valence-corrected chi connectivity index (χ3v) is 5.19. The lowest BCUT2D eigenvalue weighted by Gasteiger charge is -2.28. The Hall–Kier alpha value is -2.66. The fourth-order valence-electron chi connectivity index (χ4n) is 3.54. The number of carbonyl (C=O) groups is 1. The summed E-state index contributed by atoms with van der Waals surface area (Å²) in [5.74, 6) is -0.0480. The molecule has 0 fully saturated rings. The molecule has 0 radical (unpaired) electrons. The van der Waals surface area contributed by atoms with E-state index in [-0.39, 0.29) is 5.91 Å². The number of carbonyl (C=O) groups excluding carboxylic acids is 1. The average molecular weight is 381 g/mol. The molecule has 1 amide bonds. The highest BCUT2D eigenvalue weighted by Crippen LogP contribution is 2.23. The molecule has 6 heteroatoms. The zero-order valence-corrected chi connectivity index (χ0v) is 16.0. The lowest BCUT2D eigenvalue weighted by Crippen LogP contribution is -2.36. The highest BCUT2D eigenvalue weighted by molar-refractivity contribution is 6.30. The van der Waals surface area contributed by atoms with Gasteiger partial charge in [0.15, 0.2) is 5.69 Å². The first-order valence-electron chi connectivity index (χ1n) is 9.24. The quantitative estimate of drug-likeness (QED) is 0.685. The second-order valence-corrected chi connectivity index (χ2v) is 7.20. The van der Waals surface area contributed by atoms with Crippen molar-refractivity contribution in [3.05, 3.63) is 76.1 Å². The van der Waals surface area contributed by atoms with Gasteiger partial charge in [-0.3, -0.25) is 4.79 Å². The summed E-state index contributed by atoms with van der Waals surface area (Å²) in [5, 5.41) is 9.19. The molecule has 27 heavy (non-hydrogen) atoms. The van der Waals surface area contributed by atoms with Crippen molar-refractivity contribution in [1.82, 2.24) is 19.9 Å². The van der Waals surface area contributed by atoms with E-state index in [2.05, 4.69) is 29.4 Å². The van der Waals surface area contributed by atoms with Crippen LogP contribution in [0, 0.1) is 0 Å². The van der Waals surface area contributed by atoms with Gasteiger partial charge in [-0.25, -0.2) is 4.68 Å². The summed E-state index contributed by atoms with van der Waals surface area (Å²) in [6, 6.07) is 15.7. The fraction of sp³-hybridized carbons (Fsp3) is 0.286. The van der Waals surface area contributed by atoms with Crippen LogP contribution in [0.1, 0.15) is 40.7 Å². The largest absolute Gasteiger partial charge is 0.333 e. The van der Waals surface area contributed by atoms with Crippen LogP contribution in [0.3, 0.4) is 0 Å². The molecule has 2 heterocycles. The summed E-state index contributed by atoms with van der Waals surface area (Å²) >= 11 is 5.99. The number of rotatable bonds is 4. The number of nitrogens with zero attached hydrogens (tertiary/aromatic N) is 4. The van der Waals surface area contributed by atoms with Gasteiger partial charge in [-0.1, -0.05) is 54.4 Å². The van der Waals surface area contributed by atoms with Crippen molar-refractivity contribution in [2.75, 3.05) is 6.54 Å². The second-order valence-electron chi connectivity index (χ2n) is 6.77. The monoisotopic (exact) mass is 380 g/mol. The highest BCUT2D eigenvalue weighted by Gasteiger charge is 2.27. The Bertz CT molecular complexity index is 965. The van der Waals surface area contributed by atoms with Crippen LogP contribution in [0.4, 0.5) is 0 Å². The second kappa shape index (κ2) is 7.53. The third kappa shape index (κ3) is 3.47. The van der Waals surface area contributed by atoms with Gasteiger partial charge in [0, 0.05) is 18.1 Å². The van der Waals surface area contributed by atoms with Gasteiger partial charge in [0.2, 0.25) is 0 Å². The number of amides is 1. The van der Waals surface area contributed by atoms with Gasteiger partial charge >= 0.3 is 0 Å². The van der Waals surface area contributed by atoms with Gasteiger partial charge < -0.3 is 4.90 Å². The maximum Gasteiger partial charge on any atom is 0.276 e. The fourth-order valence-corrected chi connectivity index (χ4v) is 3.66. The topological polar surface area (TPSA) is 51.0 Å². The molecule has 2 aromatic carbocycles. The Morgan fingerprint density at radius 1 is 1.11 bits per heavy atom. The molecule has 1 aliphatic rings. The molecule has 0 saturated carbocycles. The standard InChI is InChI=1S/C21H21ClN4O/c1-2-5-19-20(23-24-26(19)18-10-8-17(22)9-11-18)21(27)25-13-12-15-6-3-4-7-16(15)14-25/h3-4,6-11H,2,5,12-14H2,1H3. The van der Waals surface area contributed by atoms with Crippen LogP contribution in [0.5, 0.6) is 0 Å². The molecule has 1 aromatic heterocycles. The van der Waals surface area contributed by atoms with Crippen LogP contribution in [-0.4, -0.2) is 32.3 Å². The SMILES string of the molecule is CCCc1c(C(=O)N2CCc3ccccc3C2)nnn1-c1ccc(Cl)cc1. The van der Waals surface area contributed by atoms with Crippen LogP contribution in [-0.2, 0) is 19.4 Å². The van der Waals surface area contributed by atoms with E-state index in [1.807, 2.05) is 41.3 Å². The predicted octanol–water partition coefficient (Wildman–Crippen LogP) is 4.07. The normalized spacial score (nSPS) is 13.5. The number of halogens is 1. The number of fused-ring (bicyclic) bond motifs is 1. The van der Waals surface area contributed by atoms with Gasteiger partial charge in [0.1, 0.15) is 0 Å². The molecule has 0 saturated heterocycles. The summed E-state index contributed by atoms with van der Waals surface area (Å²) in [5.41, 5.74) is 4.69. The number of hydrogen-bond donors (Lipinski definition) is 0. The maximum atomic E-state index is 13.2. The molecule has 1 aliphatic heterocycles. The van der Waals surface area contributed by atoms with Crippen molar-refractivity contribution in [2.45, 2.75) is 32.7 Å². The van der Waals surface area contributed by atoms with E-state index >= 15 is 0 Å². The van der Waals surface area contributed by atoms with Crippen molar-refractivity contribution in [3.63, 3.8) is 0 Å². The highest BCUT2D eigenvalue weighted by atomic mass is 35.5. The number of hydrogen-bond acceptors (Lipinski definition) is 3. The summed E-state index contributed by atoms with van der Waals surface area (Å²) < 4.78 is 1.75. The summed E-state index contributed by atoms with van der Waals surface area (Å²) in [6.45, 7) is 3.41. The molecule has 0 atom stereocenters. The van der Waals surface area contributed by atoms with E-state index in [4.69, 9.17) is 11.6 Å². The van der Waals surface area contributed by atoms with Crippen molar-refractivity contribution in [3.8, 4) is 5.69 Å². The lowest BCUT2D eigenvalue weighted by atomic mass is 9.99. The molecule has 0 unspecified atom stereocenters. The minimum Gasteiger partial charge on any atom is -0.333 e. The zero-order chi connectivity index (χ0) is 18.8. The van der Waals surface area contributed by atoms with Gasteiger partial charge in [-0.2, -0.15) is 0 Å². The molecule has 0 spiro atoms. The van der Waals surface area contributed by atoms with E-state index in [0.717, 1.165) is 30.6 Å². The van der Waals surface area contributed by atoms with Crippen molar-refractivity contribution in [1.29, 1.82) is 0 Å². The molecular formula is C21H21ClN4O. The van der Waals surface area contributed by atoms with E-state index in [1.165, 1.54) is 11.1 Å². The van der Waals surface area contributed by atoms with Crippen LogP contribution in [0.15, 0.2) is 48.5 Å². The molecular weight excluding hydrogens is 360 g/mol. The van der Waals surface area contributed by atoms with Crippen LogP contribution < -0.4 is 0 Å². The third-order valence-electron chi connectivity index (χ3n) is 4.94. The van der Waals surface area contributed by atoms with Crippen molar-refractivity contribution in [2.24, 2.45) is 0 Å². The van der Waals surface area contributed by atoms with Gasteiger partial charge in [0.25, 0.3) is 5.91 Å². The maximum absolute atomic E-state index is 13.2. The number of aromatic nitrogens is 3. The van der Waals surface area contributed by atoms with E-state index in [0.29, 0.717) is 23.8 Å². The van der Waals surface area contributed by atoms with E-state index in [1.54, 1.807) is 4.68 Å². The predicted molar refractivity (Wildman–Crippen MR) is 105 cm³/mol. The molecule has 4 rings (SSSR count). The Morgan fingerprint density at radius 3 is 2.59 bits per heavy atom. The minimum atomic E-state index is -0.0480. The molecule has 5 nitrogen and oxygen atoms in total. The van der Waals surface area contributed by atoms with Gasteiger partial charge in [-0.15, -0.1) is 5.10 Å². The Labute approximate surface area is 163 Å². The Kier molecular flexibility index (Phi) is 4.94. The first-order chi connectivity index (χ1) is 13.2. The molecule has 138 valence electrons.